The lowest BCUT2D eigenvalue weighted by molar-refractivity contribution is -0.128. The lowest BCUT2D eigenvalue weighted by Gasteiger charge is -2.11. The summed E-state index contributed by atoms with van der Waals surface area (Å²) in [6.45, 7) is 1.64. The number of likely N-dealkylation sites (N-methyl/N-ethyl adjacent to an activating group) is 1. The SMILES string of the molecule is CNC(=O)C(C)NC(=O)CCCCl. The Morgan fingerprint density at radius 3 is 2.54 bits per heavy atom. The molecule has 76 valence electrons. The van der Waals surface area contributed by atoms with Crippen LogP contribution in [-0.2, 0) is 9.59 Å². The van der Waals surface area contributed by atoms with Crippen LogP contribution < -0.4 is 10.6 Å². The largest absolute Gasteiger partial charge is 0.357 e. The molecule has 0 saturated carbocycles. The second-order valence-electron chi connectivity index (χ2n) is 2.70. The lowest BCUT2D eigenvalue weighted by Crippen LogP contribution is -2.43. The van der Waals surface area contributed by atoms with Crippen molar-refractivity contribution in [2.45, 2.75) is 25.8 Å². The third-order valence-electron chi connectivity index (χ3n) is 1.55. The summed E-state index contributed by atoms with van der Waals surface area (Å²) in [5.41, 5.74) is 0. The highest BCUT2D eigenvalue weighted by atomic mass is 35.5. The van der Waals surface area contributed by atoms with Crippen LogP contribution in [0.3, 0.4) is 0 Å². The smallest absolute Gasteiger partial charge is 0.242 e. The van der Waals surface area contributed by atoms with Gasteiger partial charge in [-0.1, -0.05) is 0 Å². The molecule has 0 heterocycles. The molecule has 2 N–H and O–H groups in total. The summed E-state index contributed by atoms with van der Waals surface area (Å²) in [4.78, 5) is 22.1. The number of halogens is 1. The van der Waals surface area contributed by atoms with Crippen molar-refractivity contribution in [3.63, 3.8) is 0 Å². The van der Waals surface area contributed by atoms with E-state index in [9.17, 15) is 9.59 Å². The van der Waals surface area contributed by atoms with E-state index in [1.165, 1.54) is 7.05 Å². The molecule has 0 aromatic heterocycles. The van der Waals surface area contributed by atoms with Crippen molar-refractivity contribution in [3.05, 3.63) is 0 Å². The molecule has 13 heavy (non-hydrogen) atoms. The molecule has 0 fully saturated rings. The van der Waals surface area contributed by atoms with Gasteiger partial charge in [0.05, 0.1) is 0 Å². The molecule has 0 aromatic rings. The van der Waals surface area contributed by atoms with Gasteiger partial charge in [-0.15, -0.1) is 11.6 Å². The number of hydrogen-bond acceptors (Lipinski definition) is 2. The third-order valence-corrected chi connectivity index (χ3v) is 1.82. The first-order valence-electron chi connectivity index (χ1n) is 4.18. The topological polar surface area (TPSA) is 58.2 Å². The molecule has 0 saturated heterocycles. The van der Waals surface area contributed by atoms with Gasteiger partial charge in [-0.3, -0.25) is 9.59 Å². The fourth-order valence-corrected chi connectivity index (χ4v) is 0.957. The van der Waals surface area contributed by atoms with Crippen molar-refractivity contribution in [3.8, 4) is 0 Å². The van der Waals surface area contributed by atoms with Gasteiger partial charge in [0.15, 0.2) is 0 Å². The van der Waals surface area contributed by atoms with E-state index in [0.717, 1.165) is 0 Å². The van der Waals surface area contributed by atoms with Gasteiger partial charge in [-0.2, -0.15) is 0 Å². The molecular formula is C8H15ClN2O2. The average Bonchev–Trinajstić information content (AvgIpc) is 2.13. The Hall–Kier alpha value is -0.770. The average molecular weight is 207 g/mol. The summed E-state index contributed by atoms with van der Waals surface area (Å²) in [5, 5.41) is 5.00. The molecule has 1 unspecified atom stereocenters. The zero-order valence-corrected chi connectivity index (χ0v) is 8.65. The fraction of sp³-hybridized carbons (Fsp3) is 0.750. The quantitative estimate of drug-likeness (QED) is 0.634. The van der Waals surface area contributed by atoms with Crippen molar-refractivity contribution >= 4 is 23.4 Å². The highest BCUT2D eigenvalue weighted by Gasteiger charge is 2.12. The van der Waals surface area contributed by atoms with Crippen LogP contribution in [0.25, 0.3) is 0 Å². The first-order valence-corrected chi connectivity index (χ1v) is 4.72. The Bertz CT molecular complexity index is 185. The molecule has 0 spiro atoms. The van der Waals surface area contributed by atoms with Crippen molar-refractivity contribution in [2.24, 2.45) is 0 Å². The first-order chi connectivity index (χ1) is 6.11. The van der Waals surface area contributed by atoms with Crippen molar-refractivity contribution in [1.29, 1.82) is 0 Å². The molecule has 0 rings (SSSR count). The van der Waals surface area contributed by atoms with Gasteiger partial charge in [-0.05, 0) is 13.3 Å². The number of alkyl halides is 1. The molecule has 0 bridgehead atoms. The first kappa shape index (κ1) is 12.2. The maximum absolute atomic E-state index is 11.1. The summed E-state index contributed by atoms with van der Waals surface area (Å²) in [7, 11) is 1.53. The second kappa shape index (κ2) is 6.71. The van der Waals surface area contributed by atoms with Crippen LogP contribution in [0.15, 0.2) is 0 Å². The highest BCUT2D eigenvalue weighted by Crippen LogP contribution is 1.92. The maximum Gasteiger partial charge on any atom is 0.242 e. The summed E-state index contributed by atoms with van der Waals surface area (Å²) in [6.07, 6.45) is 0.999. The van der Waals surface area contributed by atoms with Crippen LogP contribution in [0.4, 0.5) is 0 Å². The number of carbonyl (C=O) groups excluding carboxylic acids is 2. The van der Waals surface area contributed by atoms with E-state index in [4.69, 9.17) is 11.6 Å². The van der Waals surface area contributed by atoms with Gasteiger partial charge in [0.1, 0.15) is 6.04 Å². The highest BCUT2D eigenvalue weighted by molar-refractivity contribution is 6.17. The van der Waals surface area contributed by atoms with E-state index in [0.29, 0.717) is 18.7 Å². The van der Waals surface area contributed by atoms with Crippen molar-refractivity contribution in [1.82, 2.24) is 10.6 Å². The van der Waals surface area contributed by atoms with E-state index >= 15 is 0 Å². The predicted molar refractivity (Wildman–Crippen MR) is 51.6 cm³/mol. The minimum absolute atomic E-state index is 0.142. The van der Waals surface area contributed by atoms with E-state index in [2.05, 4.69) is 10.6 Å². The number of amides is 2. The van der Waals surface area contributed by atoms with E-state index < -0.39 is 6.04 Å². The normalized spacial score (nSPS) is 11.9. The zero-order valence-electron chi connectivity index (χ0n) is 7.89. The molecule has 1 atom stereocenters. The molecular weight excluding hydrogens is 192 g/mol. The Kier molecular flexibility index (Phi) is 6.32. The monoisotopic (exact) mass is 206 g/mol. The summed E-state index contributed by atoms with van der Waals surface area (Å²) >= 11 is 5.41. The van der Waals surface area contributed by atoms with E-state index in [-0.39, 0.29) is 11.8 Å². The van der Waals surface area contributed by atoms with Crippen LogP contribution in [0.2, 0.25) is 0 Å². The Morgan fingerprint density at radius 2 is 2.08 bits per heavy atom. The van der Waals surface area contributed by atoms with E-state index in [1.54, 1.807) is 6.92 Å². The van der Waals surface area contributed by atoms with Crippen LogP contribution in [0.1, 0.15) is 19.8 Å². The molecule has 0 aliphatic carbocycles. The zero-order chi connectivity index (χ0) is 10.3. The van der Waals surface area contributed by atoms with Crippen LogP contribution in [0, 0.1) is 0 Å². The molecule has 0 aromatic carbocycles. The molecule has 5 heteroatoms. The molecule has 0 radical (unpaired) electrons. The number of hydrogen-bond donors (Lipinski definition) is 2. The Morgan fingerprint density at radius 1 is 1.46 bits per heavy atom. The minimum Gasteiger partial charge on any atom is -0.357 e. The predicted octanol–water partition coefficient (Wildman–Crippen LogP) is 0.256. The van der Waals surface area contributed by atoms with Crippen molar-refractivity contribution in [2.75, 3.05) is 12.9 Å². The van der Waals surface area contributed by atoms with Crippen molar-refractivity contribution < 1.29 is 9.59 Å². The third kappa shape index (κ3) is 5.47. The maximum atomic E-state index is 11.1. The second-order valence-corrected chi connectivity index (χ2v) is 3.07. The van der Waals surface area contributed by atoms with E-state index in [1.807, 2.05) is 0 Å². The van der Waals surface area contributed by atoms with Gasteiger partial charge >= 0.3 is 0 Å². The summed E-state index contributed by atoms with van der Waals surface area (Å²) in [6, 6.07) is -0.479. The standard InChI is InChI=1S/C8H15ClN2O2/c1-6(8(13)10-2)11-7(12)4-3-5-9/h6H,3-5H2,1-2H3,(H,10,13)(H,11,12). The fourth-order valence-electron chi connectivity index (χ4n) is 0.823. The summed E-state index contributed by atoms with van der Waals surface area (Å²) < 4.78 is 0. The Labute approximate surface area is 83.0 Å². The number of nitrogens with one attached hydrogen (secondary N) is 2. The van der Waals surface area contributed by atoms with Gasteiger partial charge in [-0.25, -0.2) is 0 Å². The Balaban J connectivity index is 3.71. The van der Waals surface area contributed by atoms with Crippen LogP contribution >= 0.6 is 11.6 Å². The molecule has 4 nitrogen and oxygen atoms in total. The lowest BCUT2D eigenvalue weighted by atomic mass is 10.2. The number of rotatable bonds is 5. The van der Waals surface area contributed by atoms with Gasteiger partial charge < -0.3 is 10.6 Å². The molecule has 2 amide bonds. The van der Waals surface area contributed by atoms with Gasteiger partial charge in [0, 0.05) is 19.3 Å². The van der Waals surface area contributed by atoms with Crippen LogP contribution in [-0.4, -0.2) is 30.8 Å². The summed E-state index contributed by atoms with van der Waals surface area (Å²) in [5.74, 6) is 0.123. The minimum atomic E-state index is -0.479. The van der Waals surface area contributed by atoms with Gasteiger partial charge in [0.25, 0.3) is 0 Å². The van der Waals surface area contributed by atoms with Gasteiger partial charge in [0.2, 0.25) is 11.8 Å². The number of carbonyl (C=O) groups is 2. The molecule has 0 aliphatic rings. The van der Waals surface area contributed by atoms with Crippen LogP contribution in [0.5, 0.6) is 0 Å². The molecule has 0 aliphatic heterocycles.